The molecule has 0 spiro atoms. The summed E-state index contributed by atoms with van der Waals surface area (Å²) in [5.74, 6) is 0.870. The van der Waals surface area contributed by atoms with Crippen LogP contribution in [0.1, 0.15) is 31.8 Å². The first-order valence-corrected chi connectivity index (χ1v) is 9.73. The van der Waals surface area contributed by atoms with Crippen molar-refractivity contribution in [3.8, 4) is 23.0 Å². The molecule has 0 bridgehead atoms. The number of methoxy groups -OCH3 is 1. The van der Waals surface area contributed by atoms with Gasteiger partial charge in [-0.2, -0.15) is 5.10 Å². The molecule has 8 heteroatoms. The first-order chi connectivity index (χ1) is 15.5. The lowest BCUT2D eigenvalue weighted by Crippen LogP contribution is -2.17. The van der Waals surface area contributed by atoms with E-state index >= 15 is 0 Å². The molecule has 0 saturated heterocycles. The second-order valence-electron chi connectivity index (χ2n) is 6.93. The Morgan fingerprint density at radius 3 is 2.47 bits per heavy atom. The Hall–Kier alpha value is -4.33. The van der Waals surface area contributed by atoms with Crippen molar-refractivity contribution >= 4 is 18.1 Å². The van der Waals surface area contributed by atoms with Crippen molar-refractivity contribution in [1.29, 1.82) is 0 Å². The van der Waals surface area contributed by atoms with Crippen LogP contribution in [0.3, 0.4) is 0 Å². The van der Waals surface area contributed by atoms with Crippen LogP contribution >= 0.6 is 0 Å². The molecule has 0 aromatic heterocycles. The molecule has 0 aliphatic carbocycles. The average Bonchev–Trinajstić information content (AvgIpc) is 3.28. The molecule has 4 rings (SSSR count). The van der Waals surface area contributed by atoms with Crippen LogP contribution in [0.2, 0.25) is 0 Å². The number of aryl methyl sites for hydroxylation is 1. The van der Waals surface area contributed by atoms with E-state index in [0.717, 1.165) is 5.56 Å². The van der Waals surface area contributed by atoms with Gasteiger partial charge in [-0.1, -0.05) is 17.7 Å². The zero-order chi connectivity index (χ0) is 22.5. The molecular weight excluding hydrogens is 412 g/mol. The number of esters is 1. The van der Waals surface area contributed by atoms with Gasteiger partial charge in [0.2, 0.25) is 6.79 Å². The summed E-state index contributed by atoms with van der Waals surface area (Å²) in [7, 11) is 1.47. The predicted molar refractivity (Wildman–Crippen MR) is 117 cm³/mol. The van der Waals surface area contributed by atoms with E-state index in [1.54, 1.807) is 48.5 Å². The number of hydrazone groups is 1. The quantitative estimate of drug-likeness (QED) is 0.276. The minimum atomic E-state index is -0.485. The normalized spacial score (nSPS) is 11.9. The smallest absolute Gasteiger partial charge is 0.343 e. The van der Waals surface area contributed by atoms with Gasteiger partial charge in [-0.15, -0.1) is 0 Å². The van der Waals surface area contributed by atoms with Crippen LogP contribution in [0.15, 0.2) is 65.8 Å². The highest BCUT2D eigenvalue weighted by molar-refractivity contribution is 5.95. The summed E-state index contributed by atoms with van der Waals surface area (Å²) in [4.78, 5) is 24.6. The monoisotopic (exact) mass is 432 g/mol. The van der Waals surface area contributed by atoms with Gasteiger partial charge < -0.3 is 18.9 Å². The summed E-state index contributed by atoms with van der Waals surface area (Å²) >= 11 is 0. The van der Waals surface area contributed by atoms with Gasteiger partial charge in [0.05, 0.1) is 18.9 Å². The van der Waals surface area contributed by atoms with Crippen LogP contribution in [0.4, 0.5) is 0 Å². The average molecular weight is 432 g/mol. The summed E-state index contributed by atoms with van der Waals surface area (Å²) in [6, 6.07) is 16.9. The third-order valence-electron chi connectivity index (χ3n) is 4.69. The summed E-state index contributed by atoms with van der Waals surface area (Å²) in [5, 5.41) is 3.97. The Labute approximate surface area is 184 Å². The number of amides is 1. The van der Waals surface area contributed by atoms with E-state index in [1.165, 1.54) is 13.3 Å². The molecule has 0 unspecified atom stereocenters. The highest BCUT2D eigenvalue weighted by atomic mass is 16.7. The van der Waals surface area contributed by atoms with Gasteiger partial charge in [0.25, 0.3) is 5.91 Å². The van der Waals surface area contributed by atoms with Crippen molar-refractivity contribution in [2.75, 3.05) is 13.9 Å². The Kier molecular flexibility index (Phi) is 6.03. The van der Waals surface area contributed by atoms with Crippen molar-refractivity contribution in [3.05, 3.63) is 82.9 Å². The highest BCUT2D eigenvalue weighted by Gasteiger charge is 2.16. The number of benzene rings is 3. The predicted octanol–water partition coefficient (Wildman–Crippen LogP) is 3.72. The number of nitrogens with one attached hydrogen (secondary N) is 1. The van der Waals surface area contributed by atoms with Crippen LogP contribution in [0, 0.1) is 6.92 Å². The summed E-state index contributed by atoms with van der Waals surface area (Å²) < 4.78 is 21.3. The zero-order valence-electron chi connectivity index (χ0n) is 17.5. The number of carbonyl (C=O) groups excluding carboxylic acids is 2. The van der Waals surface area contributed by atoms with Crippen molar-refractivity contribution in [3.63, 3.8) is 0 Å². The highest BCUT2D eigenvalue weighted by Crippen LogP contribution is 2.32. The van der Waals surface area contributed by atoms with Gasteiger partial charge >= 0.3 is 5.97 Å². The van der Waals surface area contributed by atoms with Gasteiger partial charge in [0.15, 0.2) is 23.0 Å². The van der Waals surface area contributed by atoms with Gasteiger partial charge in [-0.3, -0.25) is 4.79 Å². The standard InChI is InChI=1S/C24H20N2O6/c1-15-3-6-17(7-4-15)24(28)32-20-9-5-16(11-21(20)29-2)13-25-26-23(27)18-8-10-19-22(12-18)31-14-30-19/h3-13H,14H2,1-2H3,(H,26,27). The maximum Gasteiger partial charge on any atom is 0.343 e. The second kappa shape index (κ2) is 9.22. The number of hydrogen-bond acceptors (Lipinski definition) is 7. The number of nitrogens with zero attached hydrogens (tertiary/aromatic N) is 1. The molecule has 3 aromatic rings. The van der Waals surface area contributed by atoms with Crippen molar-refractivity contribution in [2.45, 2.75) is 6.92 Å². The van der Waals surface area contributed by atoms with E-state index in [0.29, 0.717) is 33.9 Å². The fourth-order valence-corrected chi connectivity index (χ4v) is 2.97. The molecule has 1 aliphatic heterocycles. The van der Waals surface area contributed by atoms with Gasteiger partial charge in [0, 0.05) is 5.56 Å². The van der Waals surface area contributed by atoms with Crippen LogP contribution < -0.4 is 24.4 Å². The van der Waals surface area contributed by atoms with E-state index in [2.05, 4.69) is 10.5 Å². The van der Waals surface area contributed by atoms with Crippen LogP contribution in [0.5, 0.6) is 23.0 Å². The molecular formula is C24H20N2O6. The largest absolute Gasteiger partial charge is 0.493 e. The minimum absolute atomic E-state index is 0.136. The third-order valence-corrected chi connectivity index (χ3v) is 4.69. The zero-order valence-corrected chi connectivity index (χ0v) is 17.5. The molecule has 8 nitrogen and oxygen atoms in total. The third kappa shape index (κ3) is 4.70. The Morgan fingerprint density at radius 1 is 0.938 bits per heavy atom. The maximum atomic E-state index is 12.4. The van der Waals surface area contributed by atoms with Crippen molar-refractivity contribution < 1.29 is 28.5 Å². The van der Waals surface area contributed by atoms with Gasteiger partial charge in [0.1, 0.15) is 0 Å². The van der Waals surface area contributed by atoms with Crippen molar-refractivity contribution in [1.82, 2.24) is 5.43 Å². The van der Waals surface area contributed by atoms with Crippen molar-refractivity contribution in [2.24, 2.45) is 5.10 Å². The molecule has 1 amide bonds. The van der Waals surface area contributed by atoms with E-state index < -0.39 is 11.9 Å². The van der Waals surface area contributed by atoms with Crippen LogP contribution in [-0.4, -0.2) is 32.0 Å². The molecule has 0 fully saturated rings. The van der Waals surface area contributed by atoms with E-state index in [1.807, 2.05) is 19.1 Å². The first kappa shape index (κ1) is 20.9. The number of fused-ring (bicyclic) bond motifs is 1. The fourth-order valence-electron chi connectivity index (χ4n) is 2.97. The van der Waals surface area contributed by atoms with Crippen LogP contribution in [0.25, 0.3) is 0 Å². The lowest BCUT2D eigenvalue weighted by Gasteiger charge is -2.10. The number of hydrogen-bond donors (Lipinski definition) is 1. The molecule has 0 atom stereocenters. The molecule has 0 radical (unpaired) electrons. The van der Waals surface area contributed by atoms with E-state index in [-0.39, 0.29) is 12.5 Å². The molecule has 0 saturated carbocycles. The topological polar surface area (TPSA) is 95.5 Å². The number of ether oxygens (including phenoxy) is 4. The van der Waals surface area contributed by atoms with E-state index in [9.17, 15) is 9.59 Å². The van der Waals surface area contributed by atoms with Gasteiger partial charge in [-0.05, 0) is 61.0 Å². The Bertz CT molecular complexity index is 1190. The fraction of sp³-hybridized carbons (Fsp3) is 0.125. The Balaban J connectivity index is 1.41. The summed E-state index contributed by atoms with van der Waals surface area (Å²) in [6.45, 7) is 2.08. The molecule has 1 N–H and O–H groups in total. The first-order valence-electron chi connectivity index (χ1n) is 9.73. The maximum absolute atomic E-state index is 12.4. The number of rotatable bonds is 6. The lowest BCUT2D eigenvalue weighted by atomic mass is 10.1. The molecule has 3 aromatic carbocycles. The summed E-state index contributed by atoms with van der Waals surface area (Å²) in [6.07, 6.45) is 1.46. The molecule has 1 aliphatic rings. The van der Waals surface area contributed by atoms with Crippen LogP contribution in [-0.2, 0) is 0 Å². The second-order valence-corrected chi connectivity index (χ2v) is 6.93. The SMILES string of the molecule is COc1cc(C=NNC(=O)c2ccc3c(c2)OCO3)ccc1OC(=O)c1ccc(C)cc1. The minimum Gasteiger partial charge on any atom is -0.493 e. The summed E-state index contributed by atoms with van der Waals surface area (Å²) in [5.41, 5.74) is 4.98. The van der Waals surface area contributed by atoms with Gasteiger partial charge in [-0.25, -0.2) is 10.2 Å². The Morgan fingerprint density at radius 2 is 1.69 bits per heavy atom. The molecule has 162 valence electrons. The molecule has 1 heterocycles. The number of carbonyl (C=O) groups is 2. The van der Waals surface area contributed by atoms with E-state index in [4.69, 9.17) is 18.9 Å². The molecule has 32 heavy (non-hydrogen) atoms. The lowest BCUT2D eigenvalue weighted by molar-refractivity contribution is 0.0729.